The first-order valence-electron chi connectivity index (χ1n) is 5.91. The van der Waals surface area contributed by atoms with E-state index in [1.807, 2.05) is 6.92 Å². The second kappa shape index (κ2) is 4.51. The van der Waals surface area contributed by atoms with Crippen LogP contribution in [0.15, 0.2) is 17.0 Å². The largest absolute Gasteiger partial charge is 0.396 e. The van der Waals surface area contributed by atoms with E-state index in [4.69, 9.17) is 5.73 Å². The van der Waals surface area contributed by atoms with Gasteiger partial charge in [-0.2, -0.15) is 4.31 Å². The lowest BCUT2D eigenvalue weighted by molar-refractivity contribution is 0.408. The zero-order valence-electron chi connectivity index (χ0n) is 10.5. The highest BCUT2D eigenvalue weighted by molar-refractivity contribution is 7.89. The van der Waals surface area contributed by atoms with E-state index in [1.54, 1.807) is 6.92 Å². The fourth-order valence-electron chi connectivity index (χ4n) is 2.34. The molecule has 0 bridgehead atoms. The summed E-state index contributed by atoms with van der Waals surface area (Å²) in [5, 5.41) is 0. The molecule has 1 saturated heterocycles. The number of nitrogen functional groups attached to an aromatic ring is 1. The van der Waals surface area contributed by atoms with Crippen molar-refractivity contribution in [2.24, 2.45) is 0 Å². The van der Waals surface area contributed by atoms with Crippen molar-refractivity contribution in [3.63, 3.8) is 0 Å². The van der Waals surface area contributed by atoms with E-state index in [1.165, 1.54) is 16.4 Å². The Bertz CT molecular complexity index is 572. The highest BCUT2D eigenvalue weighted by atomic mass is 32.2. The maximum absolute atomic E-state index is 13.3. The summed E-state index contributed by atoms with van der Waals surface area (Å²) in [4.78, 5) is 0.107. The lowest BCUT2D eigenvalue weighted by atomic mass is 10.2. The Balaban J connectivity index is 2.51. The van der Waals surface area contributed by atoms with E-state index < -0.39 is 15.8 Å². The zero-order valence-corrected chi connectivity index (χ0v) is 11.3. The van der Waals surface area contributed by atoms with Crippen molar-refractivity contribution in [1.29, 1.82) is 0 Å². The maximum atomic E-state index is 13.3. The number of halogens is 1. The quantitative estimate of drug-likeness (QED) is 0.836. The first-order chi connectivity index (χ1) is 8.34. The molecule has 6 heteroatoms. The van der Waals surface area contributed by atoms with Crippen molar-refractivity contribution in [1.82, 2.24) is 4.31 Å². The SMILES string of the molecule is Cc1cc(F)c(N)cc1S(=O)(=O)N1CCCC1C. The summed E-state index contributed by atoms with van der Waals surface area (Å²) in [6, 6.07) is 2.37. The molecular weight excluding hydrogens is 255 g/mol. The van der Waals surface area contributed by atoms with Crippen LogP contribution in [0.5, 0.6) is 0 Å². The average Bonchev–Trinajstić information content (AvgIpc) is 2.70. The van der Waals surface area contributed by atoms with Crippen LogP contribution in [-0.4, -0.2) is 25.3 Å². The fraction of sp³-hybridized carbons (Fsp3) is 0.500. The summed E-state index contributed by atoms with van der Waals surface area (Å²) in [5.41, 5.74) is 5.72. The molecule has 0 amide bonds. The summed E-state index contributed by atoms with van der Waals surface area (Å²) in [6.45, 7) is 3.98. The number of benzene rings is 1. The van der Waals surface area contributed by atoms with Gasteiger partial charge in [0.1, 0.15) is 5.82 Å². The van der Waals surface area contributed by atoms with E-state index in [9.17, 15) is 12.8 Å². The number of aryl methyl sites for hydroxylation is 1. The lowest BCUT2D eigenvalue weighted by Crippen LogP contribution is -2.34. The van der Waals surface area contributed by atoms with Crippen molar-refractivity contribution in [2.45, 2.75) is 37.6 Å². The topological polar surface area (TPSA) is 63.4 Å². The van der Waals surface area contributed by atoms with Gasteiger partial charge < -0.3 is 5.73 Å². The van der Waals surface area contributed by atoms with Gasteiger partial charge in [0, 0.05) is 12.6 Å². The van der Waals surface area contributed by atoms with E-state index in [0.29, 0.717) is 12.1 Å². The number of nitrogens with two attached hydrogens (primary N) is 1. The summed E-state index contributed by atoms with van der Waals surface area (Å²) < 4.78 is 39.7. The monoisotopic (exact) mass is 272 g/mol. The highest BCUT2D eigenvalue weighted by Gasteiger charge is 2.33. The Morgan fingerprint density at radius 1 is 1.44 bits per heavy atom. The van der Waals surface area contributed by atoms with Gasteiger partial charge in [0.2, 0.25) is 10.0 Å². The second-order valence-electron chi connectivity index (χ2n) is 4.75. The lowest BCUT2D eigenvalue weighted by Gasteiger charge is -2.22. The van der Waals surface area contributed by atoms with Crippen molar-refractivity contribution in [3.05, 3.63) is 23.5 Å². The van der Waals surface area contributed by atoms with Crippen LogP contribution in [0.25, 0.3) is 0 Å². The molecule has 2 rings (SSSR count). The molecule has 4 nitrogen and oxygen atoms in total. The van der Waals surface area contributed by atoms with Gasteiger partial charge >= 0.3 is 0 Å². The minimum absolute atomic E-state index is 0.0133. The van der Waals surface area contributed by atoms with Crippen LogP contribution in [0.1, 0.15) is 25.3 Å². The van der Waals surface area contributed by atoms with Gasteiger partial charge in [-0.25, -0.2) is 12.8 Å². The standard InChI is InChI=1S/C12H17FN2O2S/c1-8-6-10(13)11(14)7-12(8)18(16,17)15-5-3-4-9(15)2/h6-7,9H,3-5,14H2,1-2H3. The third-order valence-electron chi connectivity index (χ3n) is 3.37. The van der Waals surface area contributed by atoms with Gasteiger partial charge in [-0.15, -0.1) is 0 Å². The smallest absolute Gasteiger partial charge is 0.243 e. The number of hydrogen-bond acceptors (Lipinski definition) is 3. The van der Waals surface area contributed by atoms with Crippen LogP contribution >= 0.6 is 0 Å². The molecule has 18 heavy (non-hydrogen) atoms. The van der Waals surface area contributed by atoms with Crippen LogP contribution in [0, 0.1) is 12.7 Å². The molecule has 2 N–H and O–H groups in total. The number of nitrogens with zero attached hydrogens (tertiary/aromatic N) is 1. The molecule has 1 fully saturated rings. The number of anilines is 1. The number of hydrogen-bond donors (Lipinski definition) is 1. The molecule has 1 aromatic rings. The third kappa shape index (κ3) is 2.10. The highest BCUT2D eigenvalue weighted by Crippen LogP contribution is 2.29. The molecule has 0 aliphatic carbocycles. The van der Waals surface area contributed by atoms with Gasteiger partial charge in [0.15, 0.2) is 0 Å². The number of sulfonamides is 1. The van der Waals surface area contributed by atoms with Crippen LogP contribution in [0.2, 0.25) is 0 Å². The van der Waals surface area contributed by atoms with E-state index in [2.05, 4.69) is 0 Å². The van der Waals surface area contributed by atoms with Crippen molar-refractivity contribution >= 4 is 15.7 Å². The second-order valence-corrected chi connectivity index (χ2v) is 6.61. The Morgan fingerprint density at radius 2 is 2.11 bits per heavy atom. The van der Waals surface area contributed by atoms with Crippen molar-refractivity contribution < 1.29 is 12.8 Å². The first kappa shape index (κ1) is 13.3. The van der Waals surface area contributed by atoms with Crippen molar-refractivity contribution in [2.75, 3.05) is 12.3 Å². The molecule has 0 aromatic heterocycles. The van der Waals surface area contributed by atoms with Gasteiger partial charge in [-0.3, -0.25) is 0 Å². The normalized spacial score (nSPS) is 21.4. The molecule has 1 aliphatic rings. The summed E-state index contributed by atoms with van der Waals surface area (Å²) >= 11 is 0. The Morgan fingerprint density at radius 3 is 2.67 bits per heavy atom. The summed E-state index contributed by atoms with van der Waals surface area (Å²) in [7, 11) is -3.57. The molecule has 1 aromatic carbocycles. The Labute approximate surface area is 107 Å². The number of rotatable bonds is 2. The van der Waals surface area contributed by atoms with E-state index in [0.717, 1.165) is 12.8 Å². The molecule has 100 valence electrons. The molecule has 0 saturated carbocycles. The van der Waals surface area contributed by atoms with E-state index >= 15 is 0 Å². The first-order valence-corrected chi connectivity index (χ1v) is 7.35. The third-order valence-corrected chi connectivity index (χ3v) is 5.53. The predicted molar refractivity (Wildman–Crippen MR) is 68.1 cm³/mol. The van der Waals surface area contributed by atoms with E-state index in [-0.39, 0.29) is 16.6 Å². The van der Waals surface area contributed by atoms with Crippen LogP contribution < -0.4 is 5.73 Å². The molecule has 1 unspecified atom stereocenters. The van der Waals surface area contributed by atoms with Crippen LogP contribution in [0.3, 0.4) is 0 Å². The molecular formula is C12H17FN2O2S. The molecule has 1 aliphatic heterocycles. The molecule has 0 radical (unpaired) electrons. The van der Waals surface area contributed by atoms with Gasteiger partial charge in [0.25, 0.3) is 0 Å². The van der Waals surface area contributed by atoms with Gasteiger partial charge in [-0.05, 0) is 44.4 Å². The zero-order chi connectivity index (χ0) is 13.5. The Hall–Kier alpha value is -1.14. The molecule has 1 heterocycles. The summed E-state index contributed by atoms with van der Waals surface area (Å²) in [6.07, 6.45) is 1.71. The minimum atomic E-state index is -3.57. The molecule has 0 spiro atoms. The predicted octanol–water partition coefficient (Wildman–Crippen LogP) is 1.89. The Kier molecular flexibility index (Phi) is 3.33. The minimum Gasteiger partial charge on any atom is -0.396 e. The van der Waals surface area contributed by atoms with Crippen LogP contribution in [0.4, 0.5) is 10.1 Å². The maximum Gasteiger partial charge on any atom is 0.243 e. The van der Waals surface area contributed by atoms with Crippen molar-refractivity contribution in [3.8, 4) is 0 Å². The summed E-state index contributed by atoms with van der Waals surface area (Å²) in [5.74, 6) is -0.582. The molecule has 1 atom stereocenters. The van der Waals surface area contributed by atoms with Gasteiger partial charge in [-0.1, -0.05) is 0 Å². The van der Waals surface area contributed by atoms with Crippen LogP contribution in [-0.2, 0) is 10.0 Å². The fourth-order valence-corrected chi connectivity index (χ4v) is 4.28. The van der Waals surface area contributed by atoms with Gasteiger partial charge in [0.05, 0.1) is 10.6 Å². The average molecular weight is 272 g/mol.